The maximum Gasteiger partial charge on any atom is 0.242 e. The van der Waals surface area contributed by atoms with Crippen LogP contribution in [0, 0.1) is 0 Å². The Morgan fingerprint density at radius 3 is 2.92 bits per heavy atom. The highest BCUT2D eigenvalue weighted by Crippen LogP contribution is 2.19. The molecule has 0 atom stereocenters. The fourth-order valence-electron chi connectivity index (χ4n) is 2.54. The van der Waals surface area contributed by atoms with Crippen LogP contribution in [-0.4, -0.2) is 30.9 Å². The van der Waals surface area contributed by atoms with Crippen molar-refractivity contribution in [1.29, 1.82) is 0 Å². The molecule has 25 heavy (non-hydrogen) atoms. The van der Waals surface area contributed by atoms with Gasteiger partial charge in [-0.25, -0.2) is 4.68 Å². The third-order valence-electron chi connectivity index (χ3n) is 3.74. The predicted molar refractivity (Wildman–Crippen MR) is 89.1 cm³/mol. The second-order valence-corrected chi connectivity index (χ2v) is 5.38. The first-order valence-electron chi connectivity index (χ1n) is 7.68. The van der Waals surface area contributed by atoms with Crippen LogP contribution in [0.2, 0.25) is 0 Å². The van der Waals surface area contributed by atoms with Crippen LogP contribution in [0.25, 0.3) is 22.3 Å². The van der Waals surface area contributed by atoms with E-state index >= 15 is 0 Å². The number of benzene rings is 1. The first kappa shape index (κ1) is 15.0. The van der Waals surface area contributed by atoms with Gasteiger partial charge in [-0.1, -0.05) is 17.3 Å². The van der Waals surface area contributed by atoms with Gasteiger partial charge < -0.3 is 9.73 Å². The fraction of sp³-hybridized carbons (Fsp3) is 0.118. The van der Waals surface area contributed by atoms with Crippen molar-refractivity contribution in [2.45, 2.75) is 13.1 Å². The molecule has 8 nitrogen and oxygen atoms in total. The number of hydrogen-bond acceptors (Lipinski definition) is 6. The van der Waals surface area contributed by atoms with E-state index < -0.39 is 0 Å². The number of amides is 1. The Balaban J connectivity index is 1.46. The number of nitrogens with one attached hydrogen (secondary N) is 1. The molecule has 4 aromatic rings. The monoisotopic (exact) mass is 334 g/mol. The van der Waals surface area contributed by atoms with E-state index in [2.05, 4.69) is 25.6 Å². The summed E-state index contributed by atoms with van der Waals surface area (Å²) in [5.74, 6) is -0.181. The molecule has 0 bridgehead atoms. The molecule has 0 saturated heterocycles. The minimum atomic E-state index is -0.181. The molecule has 3 aromatic heterocycles. The molecule has 124 valence electrons. The maximum atomic E-state index is 12.3. The number of carbonyl (C=O) groups is 1. The van der Waals surface area contributed by atoms with Crippen LogP contribution in [-0.2, 0) is 17.9 Å². The molecular formula is C17H14N6O2. The number of fused-ring (bicyclic) bond motifs is 1. The van der Waals surface area contributed by atoms with Crippen LogP contribution in [0.1, 0.15) is 5.69 Å². The van der Waals surface area contributed by atoms with Crippen LogP contribution in [0.3, 0.4) is 0 Å². The van der Waals surface area contributed by atoms with Crippen molar-refractivity contribution in [3.8, 4) is 11.3 Å². The third kappa shape index (κ3) is 3.09. The normalized spacial score (nSPS) is 10.9. The van der Waals surface area contributed by atoms with Gasteiger partial charge in [0.2, 0.25) is 5.91 Å². The lowest BCUT2D eigenvalue weighted by Gasteiger charge is -2.08. The molecule has 0 aliphatic rings. The van der Waals surface area contributed by atoms with Crippen molar-refractivity contribution in [2.75, 3.05) is 0 Å². The number of carbonyl (C=O) groups excluding carboxylic acids is 1. The highest BCUT2D eigenvalue weighted by molar-refractivity contribution is 5.79. The summed E-state index contributed by atoms with van der Waals surface area (Å²) < 4.78 is 6.65. The zero-order valence-corrected chi connectivity index (χ0v) is 13.2. The van der Waals surface area contributed by atoms with Crippen molar-refractivity contribution in [3.63, 3.8) is 0 Å². The lowest BCUT2D eigenvalue weighted by atomic mass is 10.2. The van der Waals surface area contributed by atoms with E-state index in [-0.39, 0.29) is 19.0 Å². The molecule has 0 aliphatic carbocycles. The number of hydrogen-bond donors (Lipinski definition) is 1. The molecule has 0 unspecified atom stereocenters. The van der Waals surface area contributed by atoms with Crippen molar-refractivity contribution < 1.29 is 9.21 Å². The van der Waals surface area contributed by atoms with Crippen LogP contribution >= 0.6 is 0 Å². The minimum absolute atomic E-state index is 0.0851. The largest absolute Gasteiger partial charge is 0.472 e. The molecule has 0 aliphatic heterocycles. The van der Waals surface area contributed by atoms with Crippen molar-refractivity contribution in [3.05, 3.63) is 60.9 Å². The Kier molecular flexibility index (Phi) is 3.91. The number of furan rings is 1. The van der Waals surface area contributed by atoms with Crippen LogP contribution in [0.4, 0.5) is 0 Å². The smallest absolute Gasteiger partial charge is 0.242 e. The van der Waals surface area contributed by atoms with Crippen LogP contribution in [0.15, 0.2) is 59.7 Å². The molecule has 8 heteroatoms. The molecule has 1 aromatic carbocycles. The molecule has 1 amide bonds. The van der Waals surface area contributed by atoms with Gasteiger partial charge in [0, 0.05) is 18.0 Å². The lowest BCUT2D eigenvalue weighted by molar-refractivity contribution is -0.122. The van der Waals surface area contributed by atoms with E-state index in [1.165, 1.54) is 0 Å². The standard InChI is InChI=1S/C17H14N6O2/c24-16(10-23-15-4-2-1-3-13(15)21-22-23)20-9-14-17(19-7-6-18-14)12-5-8-25-11-12/h1-8,11H,9-10H2,(H,20,24). The summed E-state index contributed by atoms with van der Waals surface area (Å²) in [5.41, 5.74) is 3.74. The highest BCUT2D eigenvalue weighted by Gasteiger charge is 2.12. The average Bonchev–Trinajstić information content (AvgIpc) is 3.31. The van der Waals surface area contributed by atoms with Crippen LogP contribution in [0.5, 0.6) is 0 Å². The Labute approximate surface area is 142 Å². The number of para-hydroxylation sites is 1. The van der Waals surface area contributed by atoms with Gasteiger partial charge in [0.1, 0.15) is 12.1 Å². The van der Waals surface area contributed by atoms with E-state index in [1.807, 2.05) is 24.3 Å². The zero-order valence-electron chi connectivity index (χ0n) is 13.2. The first-order valence-corrected chi connectivity index (χ1v) is 7.68. The van der Waals surface area contributed by atoms with Crippen molar-refractivity contribution >= 4 is 16.9 Å². The van der Waals surface area contributed by atoms with Gasteiger partial charge in [-0.2, -0.15) is 0 Å². The van der Waals surface area contributed by atoms with Gasteiger partial charge in [0.05, 0.1) is 36.0 Å². The Hall–Kier alpha value is -3.55. The molecule has 4 rings (SSSR count). The van der Waals surface area contributed by atoms with Gasteiger partial charge in [0.15, 0.2) is 0 Å². The Morgan fingerprint density at radius 2 is 2.04 bits per heavy atom. The number of rotatable bonds is 5. The fourth-order valence-corrected chi connectivity index (χ4v) is 2.54. The van der Waals surface area contributed by atoms with E-state index in [0.29, 0.717) is 11.4 Å². The molecule has 3 heterocycles. The van der Waals surface area contributed by atoms with Gasteiger partial charge in [-0.15, -0.1) is 5.10 Å². The molecule has 1 N–H and O–H groups in total. The summed E-state index contributed by atoms with van der Waals surface area (Å²) in [5, 5.41) is 10.9. The van der Waals surface area contributed by atoms with Gasteiger partial charge in [-0.3, -0.25) is 14.8 Å². The van der Waals surface area contributed by atoms with E-state index in [4.69, 9.17) is 4.42 Å². The second kappa shape index (κ2) is 6.52. The number of nitrogens with zero attached hydrogens (tertiary/aromatic N) is 5. The molecule has 0 saturated carbocycles. The lowest BCUT2D eigenvalue weighted by Crippen LogP contribution is -2.28. The van der Waals surface area contributed by atoms with E-state index in [9.17, 15) is 4.79 Å². The summed E-state index contributed by atoms with van der Waals surface area (Å²) in [6.07, 6.45) is 6.37. The topological polar surface area (TPSA) is 98.7 Å². The third-order valence-corrected chi connectivity index (χ3v) is 3.74. The summed E-state index contributed by atoms with van der Waals surface area (Å²) in [6.45, 7) is 0.349. The molecule has 0 radical (unpaired) electrons. The quantitative estimate of drug-likeness (QED) is 0.597. The summed E-state index contributed by atoms with van der Waals surface area (Å²) >= 11 is 0. The minimum Gasteiger partial charge on any atom is -0.472 e. The molecule has 0 fully saturated rings. The van der Waals surface area contributed by atoms with Gasteiger partial charge in [0.25, 0.3) is 0 Å². The van der Waals surface area contributed by atoms with E-state index in [0.717, 1.165) is 16.6 Å². The first-order chi connectivity index (χ1) is 12.3. The van der Waals surface area contributed by atoms with Crippen molar-refractivity contribution in [1.82, 2.24) is 30.3 Å². The van der Waals surface area contributed by atoms with Crippen molar-refractivity contribution in [2.24, 2.45) is 0 Å². The summed E-state index contributed by atoms with van der Waals surface area (Å²) in [6, 6.07) is 9.30. The zero-order chi connectivity index (χ0) is 17.1. The van der Waals surface area contributed by atoms with Gasteiger partial charge >= 0.3 is 0 Å². The summed E-state index contributed by atoms with van der Waals surface area (Å²) in [7, 11) is 0. The predicted octanol–water partition coefficient (Wildman–Crippen LogP) is 1.80. The Morgan fingerprint density at radius 1 is 1.16 bits per heavy atom. The summed E-state index contributed by atoms with van der Waals surface area (Å²) in [4.78, 5) is 20.9. The average molecular weight is 334 g/mol. The maximum absolute atomic E-state index is 12.3. The molecule has 0 spiro atoms. The number of aromatic nitrogens is 5. The highest BCUT2D eigenvalue weighted by atomic mass is 16.3. The van der Waals surface area contributed by atoms with E-state index in [1.54, 1.807) is 35.7 Å². The van der Waals surface area contributed by atoms with Gasteiger partial charge in [-0.05, 0) is 18.2 Å². The molecular weight excluding hydrogens is 320 g/mol. The SMILES string of the molecule is O=C(Cn1nnc2ccccc21)NCc1nccnc1-c1ccoc1. The Bertz CT molecular complexity index is 1010. The van der Waals surface area contributed by atoms with Crippen LogP contribution < -0.4 is 5.32 Å². The second-order valence-electron chi connectivity index (χ2n) is 5.38.